The third-order valence-electron chi connectivity index (χ3n) is 5.48. The average molecular weight is 388 g/mol. The van der Waals surface area contributed by atoms with Gasteiger partial charge >= 0.3 is 0 Å². The van der Waals surface area contributed by atoms with E-state index >= 15 is 0 Å². The van der Waals surface area contributed by atoms with Gasteiger partial charge in [-0.15, -0.1) is 0 Å². The van der Waals surface area contributed by atoms with Gasteiger partial charge in [-0.25, -0.2) is 0 Å². The zero-order chi connectivity index (χ0) is 20.2. The van der Waals surface area contributed by atoms with Crippen molar-refractivity contribution in [1.29, 1.82) is 0 Å². The molecule has 0 saturated heterocycles. The number of ether oxygens (including phenoxy) is 1. The Morgan fingerprint density at radius 1 is 0.828 bits per heavy atom. The molecule has 0 bridgehead atoms. The molecule has 148 valence electrons. The zero-order valence-electron chi connectivity index (χ0n) is 16.0. The lowest BCUT2D eigenvalue weighted by molar-refractivity contribution is -0.313. The van der Waals surface area contributed by atoms with Crippen LogP contribution in [0.2, 0.25) is 0 Å². The molecule has 1 aliphatic rings. The Morgan fingerprint density at radius 2 is 1.48 bits per heavy atom. The fourth-order valence-electron chi connectivity index (χ4n) is 3.94. The molecular formula is C24H22NO4-. The van der Waals surface area contributed by atoms with Crippen LogP contribution >= 0.6 is 0 Å². The molecular weight excluding hydrogens is 366 g/mol. The summed E-state index contributed by atoms with van der Waals surface area (Å²) in [5.41, 5.74) is 0.614. The molecule has 1 aliphatic carbocycles. The van der Waals surface area contributed by atoms with E-state index in [1.54, 1.807) is 24.3 Å². The van der Waals surface area contributed by atoms with Crippen LogP contribution in [-0.2, 0) is 9.59 Å². The van der Waals surface area contributed by atoms with Crippen LogP contribution in [0.4, 0.5) is 5.69 Å². The monoisotopic (exact) mass is 388 g/mol. The Hall–Kier alpha value is -3.34. The fourth-order valence-corrected chi connectivity index (χ4v) is 3.94. The number of carboxylic acid groups (broad SMARTS) is 1. The minimum absolute atomic E-state index is 0.262. The fraction of sp³-hybridized carbons (Fsp3) is 0.250. The summed E-state index contributed by atoms with van der Waals surface area (Å²) in [4.78, 5) is 23.9. The van der Waals surface area contributed by atoms with Crippen molar-refractivity contribution in [3.8, 4) is 11.5 Å². The molecule has 0 aromatic heterocycles. The van der Waals surface area contributed by atoms with Gasteiger partial charge < -0.3 is 20.0 Å². The van der Waals surface area contributed by atoms with Gasteiger partial charge in [-0.1, -0.05) is 43.2 Å². The van der Waals surface area contributed by atoms with E-state index in [4.69, 9.17) is 4.74 Å². The second-order valence-electron chi connectivity index (χ2n) is 7.44. The van der Waals surface area contributed by atoms with Crippen molar-refractivity contribution >= 4 is 28.3 Å². The molecule has 0 spiro atoms. The van der Waals surface area contributed by atoms with Crippen LogP contribution in [0.25, 0.3) is 10.8 Å². The topological polar surface area (TPSA) is 78.5 Å². The third-order valence-corrected chi connectivity index (χ3v) is 5.48. The average Bonchev–Trinajstić information content (AvgIpc) is 2.75. The SMILES string of the molecule is O=C(Nc1ccc(Oc2ccc3ccccc3c2)cc1)[C@H]1CCCC[C@H]1C(=O)[O-]. The standard InChI is InChI=1S/C24H23NO4/c26-23(21-7-3-4-8-22(21)24(27)28)25-18-10-13-19(14-11-18)29-20-12-9-16-5-1-2-6-17(16)15-20/h1-2,5-6,9-15,21-22H,3-4,7-8H2,(H,25,26)(H,27,28)/p-1/t21-,22+/m0/s1. The van der Waals surface area contributed by atoms with Gasteiger partial charge in [0, 0.05) is 23.5 Å². The van der Waals surface area contributed by atoms with E-state index in [0.717, 1.165) is 29.4 Å². The molecule has 29 heavy (non-hydrogen) atoms. The number of nitrogens with one attached hydrogen (secondary N) is 1. The highest BCUT2D eigenvalue weighted by molar-refractivity contribution is 5.95. The van der Waals surface area contributed by atoms with E-state index in [-0.39, 0.29) is 5.91 Å². The summed E-state index contributed by atoms with van der Waals surface area (Å²) in [6, 6.07) is 21.0. The van der Waals surface area contributed by atoms with Crippen molar-refractivity contribution in [1.82, 2.24) is 0 Å². The van der Waals surface area contributed by atoms with Gasteiger partial charge in [0.1, 0.15) is 11.5 Å². The Bertz CT molecular complexity index is 1030. The predicted molar refractivity (Wildman–Crippen MR) is 110 cm³/mol. The number of carboxylic acids is 1. The Labute approximate surface area is 169 Å². The predicted octanol–water partition coefficient (Wildman–Crippen LogP) is 4.13. The minimum Gasteiger partial charge on any atom is -0.550 e. The van der Waals surface area contributed by atoms with Gasteiger partial charge in [0.05, 0.1) is 0 Å². The quantitative estimate of drug-likeness (QED) is 0.713. The van der Waals surface area contributed by atoms with Crippen LogP contribution in [0.3, 0.4) is 0 Å². The van der Waals surface area contributed by atoms with Crippen LogP contribution in [0.1, 0.15) is 25.7 Å². The maximum absolute atomic E-state index is 12.5. The van der Waals surface area contributed by atoms with Crippen LogP contribution in [-0.4, -0.2) is 11.9 Å². The molecule has 0 heterocycles. The Kier molecular flexibility index (Phi) is 5.47. The van der Waals surface area contributed by atoms with Crippen molar-refractivity contribution in [2.45, 2.75) is 25.7 Å². The van der Waals surface area contributed by atoms with E-state index in [1.807, 2.05) is 42.5 Å². The second-order valence-corrected chi connectivity index (χ2v) is 7.44. The highest BCUT2D eigenvalue weighted by Gasteiger charge is 2.31. The first-order valence-electron chi connectivity index (χ1n) is 9.88. The third kappa shape index (κ3) is 4.40. The summed E-state index contributed by atoms with van der Waals surface area (Å²) in [7, 11) is 0. The molecule has 1 N–H and O–H groups in total. The highest BCUT2D eigenvalue weighted by Crippen LogP contribution is 2.31. The number of carbonyl (C=O) groups excluding carboxylic acids is 2. The van der Waals surface area contributed by atoms with Gasteiger partial charge in [0.25, 0.3) is 0 Å². The summed E-state index contributed by atoms with van der Waals surface area (Å²) in [6.45, 7) is 0. The van der Waals surface area contributed by atoms with E-state index in [2.05, 4.69) is 5.32 Å². The Balaban J connectivity index is 1.42. The van der Waals surface area contributed by atoms with E-state index < -0.39 is 17.8 Å². The number of hydrogen-bond donors (Lipinski definition) is 1. The molecule has 3 aromatic rings. The first-order chi connectivity index (χ1) is 14.1. The molecule has 4 rings (SSSR count). The number of fused-ring (bicyclic) bond motifs is 1. The number of hydrogen-bond acceptors (Lipinski definition) is 4. The molecule has 3 aromatic carbocycles. The summed E-state index contributed by atoms with van der Waals surface area (Å²) >= 11 is 0. The molecule has 1 fully saturated rings. The molecule has 1 saturated carbocycles. The van der Waals surface area contributed by atoms with E-state index in [0.29, 0.717) is 24.3 Å². The maximum atomic E-state index is 12.5. The molecule has 0 radical (unpaired) electrons. The number of anilines is 1. The van der Waals surface area contributed by atoms with Gasteiger partial charge in [-0.2, -0.15) is 0 Å². The lowest BCUT2D eigenvalue weighted by atomic mass is 9.78. The van der Waals surface area contributed by atoms with Crippen molar-refractivity contribution in [2.24, 2.45) is 11.8 Å². The first kappa shape index (κ1) is 19.0. The molecule has 1 amide bonds. The van der Waals surface area contributed by atoms with Crippen LogP contribution in [0.15, 0.2) is 66.7 Å². The molecule has 5 heteroatoms. The lowest BCUT2D eigenvalue weighted by Gasteiger charge is -2.31. The lowest BCUT2D eigenvalue weighted by Crippen LogP contribution is -2.42. The van der Waals surface area contributed by atoms with Crippen LogP contribution < -0.4 is 15.2 Å². The van der Waals surface area contributed by atoms with Crippen molar-refractivity contribution in [3.05, 3.63) is 66.7 Å². The normalized spacial score (nSPS) is 18.9. The molecule has 0 aliphatic heterocycles. The first-order valence-corrected chi connectivity index (χ1v) is 9.88. The van der Waals surface area contributed by atoms with Gasteiger partial charge in [0.2, 0.25) is 5.91 Å². The second kappa shape index (κ2) is 8.35. The van der Waals surface area contributed by atoms with Crippen LogP contribution in [0.5, 0.6) is 11.5 Å². The molecule has 0 unspecified atom stereocenters. The number of rotatable bonds is 5. The summed E-state index contributed by atoms with van der Waals surface area (Å²) in [5.74, 6) is -1.25. The summed E-state index contributed by atoms with van der Waals surface area (Å²) in [6.07, 6.45) is 2.76. The van der Waals surface area contributed by atoms with Crippen molar-refractivity contribution < 1.29 is 19.4 Å². The van der Waals surface area contributed by atoms with Gasteiger partial charge in [-0.3, -0.25) is 4.79 Å². The minimum atomic E-state index is -1.14. The number of benzene rings is 3. The van der Waals surface area contributed by atoms with Gasteiger partial charge in [0.15, 0.2) is 0 Å². The van der Waals surface area contributed by atoms with Crippen molar-refractivity contribution in [2.75, 3.05) is 5.32 Å². The maximum Gasteiger partial charge on any atom is 0.228 e. The smallest absolute Gasteiger partial charge is 0.228 e. The van der Waals surface area contributed by atoms with Gasteiger partial charge in [-0.05, 0) is 60.0 Å². The van der Waals surface area contributed by atoms with Crippen LogP contribution in [0, 0.1) is 11.8 Å². The van der Waals surface area contributed by atoms with E-state index in [1.165, 1.54) is 0 Å². The Morgan fingerprint density at radius 3 is 2.21 bits per heavy atom. The van der Waals surface area contributed by atoms with Crippen molar-refractivity contribution in [3.63, 3.8) is 0 Å². The number of carbonyl (C=O) groups is 2. The number of amides is 1. The summed E-state index contributed by atoms with van der Waals surface area (Å²) < 4.78 is 5.91. The zero-order valence-corrected chi connectivity index (χ0v) is 16.0. The van der Waals surface area contributed by atoms with E-state index in [9.17, 15) is 14.7 Å². The molecule has 2 atom stereocenters. The largest absolute Gasteiger partial charge is 0.550 e. The number of aliphatic carboxylic acids is 1. The summed E-state index contributed by atoms with van der Waals surface area (Å²) in [5, 5.41) is 16.4. The highest BCUT2D eigenvalue weighted by atomic mass is 16.5. The molecule has 5 nitrogen and oxygen atoms in total.